The second kappa shape index (κ2) is 8.73. The van der Waals surface area contributed by atoms with Crippen LogP contribution in [0.4, 0.5) is 0 Å². The van der Waals surface area contributed by atoms with Crippen molar-refractivity contribution in [1.82, 2.24) is 0 Å². The Hall–Kier alpha value is 1.14. The average Bonchev–Trinajstić information content (AvgIpc) is 2.24. The lowest BCUT2D eigenvalue weighted by atomic mass is 10.4. The highest BCUT2D eigenvalue weighted by Crippen LogP contribution is 2.28. The van der Waals surface area contributed by atoms with Crippen LogP contribution in [0.1, 0.15) is 25.7 Å². The van der Waals surface area contributed by atoms with Crippen molar-refractivity contribution < 1.29 is 0 Å². The summed E-state index contributed by atoms with van der Waals surface area (Å²) in [6, 6.07) is 0. The van der Waals surface area contributed by atoms with Crippen molar-refractivity contribution >= 4 is 48.1 Å². The Balaban J connectivity index is 0.000000120. The van der Waals surface area contributed by atoms with Gasteiger partial charge in [0.05, 0.1) is 5.75 Å². The molecule has 0 atom stereocenters. The summed E-state index contributed by atoms with van der Waals surface area (Å²) in [5.41, 5.74) is 0. The summed E-state index contributed by atoms with van der Waals surface area (Å²) in [6.45, 7) is 0. The first kappa shape index (κ1) is 11.2. The fraction of sp³-hybridized carbons (Fsp3) is 0.875. The van der Waals surface area contributed by atoms with Crippen molar-refractivity contribution in [2.75, 3.05) is 17.3 Å². The van der Waals surface area contributed by atoms with Crippen LogP contribution in [0.2, 0.25) is 0 Å². The molecule has 0 spiro atoms. The zero-order valence-corrected chi connectivity index (χ0v) is 10.4. The van der Waals surface area contributed by atoms with Gasteiger partial charge in [0.2, 0.25) is 0 Å². The molecule has 0 aliphatic carbocycles. The summed E-state index contributed by atoms with van der Waals surface area (Å²) in [7, 11) is 7.87. The van der Waals surface area contributed by atoms with Gasteiger partial charge in [0.1, 0.15) is 0 Å². The van der Waals surface area contributed by atoms with Gasteiger partial charge in [0.25, 0.3) is 10.4 Å². The second-order valence-corrected chi connectivity index (χ2v) is 7.73. The lowest BCUT2D eigenvalue weighted by Crippen LogP contribution is -1.86. The molecule has 2 aliphatic heterocycles. The summed E-state index contributed by atoms with van der Waals surface area (Å²) < 4.78 is 0. The fourth-order valence-corrected chi connectivity index (χ4v) is 5.06. The summed E-state index contributed by atoms with van der Waals surface area (Å²) in [4.78, 5) is 0. The monoisotopic (exact) mass is 239 g/mol. The van der Waals surface area contributed by atoms with Crippen LogP contribution < -0.4 is 0 Å². The average molecular weight is 239 g/mol. The van der Waals surface area contributed by atoms with Gasteiger partial charge in [0, 0.05) is 17.9 Å². The van der Waals surface area contributed by atoms with E-state index in [0.29, 0.717) is 0 Å². The van der Waals surface area contributed by atoms with Crippen molar-refractivity contribution in [2.45, 2.75) is 25.7 Å². The third-order valence-electron chi connectivity index (χ3n) is 1.47. The lowest BCUT2D eigenvalue weighted by molar-refractivity contribution is 0.906. The summed E-state index contributed by atoms with van der Waals surface area (Å²) in [5, 5.41) is 2.27. The van der Waals surface area contributed by atoms with Crippen molar-refractivity contribution in [3.63, 3.8) is 0 Å². The van der Waals surface area contributed by atoms with Gasteiger partial charge >= 0.3 is 0 Å². The van der Waals surface area contributed by atoms with Crippen LogP contribution in [0, 0.1) is 0 Å². The number of hydrogen-bond donors (Lipinski definition) is 0. The van der Waals surface area contributed by atoms with Gasteiger partial charge in [-0.25, -0.2) is 0 Å². The zero-order valence-electron chi connectivity index (χ0n) is 7.16. The van der Waals surface area contributed by atoms with Crippen molar-refractivity contribution in [2.24, 2.45) is 0 Å². The van der Waals surface area contributed by atoms with E-state index in [0.717, 1.165) is 0 Å². The zero-order chi connectivity index (χ0) is 8.49. The van der Waals surface area contributed by atoms with Crippen molar-refractivity contribution in [3.05, 3.63) is 0 Å². The van der Waals surface area contributed by atoms with Gasteiger partial charge in [-0.05, 0) is 19.3 Å². The Bertz CT molecular complexity index is 101. The van der Waals surface area contributed by atoms with Crippen LogP contribution in [0.5, 0.6) is 0 Å². The molecule has 0 saturated carbocycles. The molecule has 0 bridgehead atoms. The Kier molecular flexibility index (Phi) is 8.16. The van der Waals surface area contributed by atoms with E-state index in [1.54, 1.807) is 0 Å². The highest BCUT2D eigenvalue weighted by atomic mass is 33.1. The predicted molar refractivity (Wildman–Crippen MR) is 69.3 cm³/mol. The summed E-state index contributed by atoms with van der Waals surface area (Å²) >= 11 is 0. The number of hydrogen-bond acceptors (Lipinski definition) is 3. The maximum absolute atomic E-state index is 2.27. The van der Waals surface area contributed by atoms with Crippen LogP contribution in [0.15, 0.2) is 0 Å². The topological polar surface area (TPSA) is 0 Å². The summed E-state index contributed by atoms with van der Waals surface area (Å²) in [5.74, 6) is 4.11. The first-order valence-corrected chi connectivity index (χ1v) is 9.21. The highest BCUT2D eigenvalue weighted by molar-refractivity contribution is 8.76. The van der Waals surface area contributed by atoms with E-state index in [4.69, 9.17) is 0 Å². The van der Waals surface area contributed by atoms with Gasteiger partial charge in [-0.1, -0.05) is 21.6 Å². The molecule has 0 aromatic carbocycles. The normalized spacial score (nSPS) is 22.7. The van der Waals surface area contributed by atoms with Crippen molar-refractivity contribution in [3.8, 4) is 0 Å². The van der Waals surface area contributed by atoms with Gasteiger partial charge in [-0.2, -0.15) is 0 Å². The van der Waals surface area contributed by atoms with Gasteiger partial charge in [-0.3, -0.25) is 0 Å². The quantitative estimate of drug-likeness (QED) is 0.361. The minimum absolute atomic E-state index is 1.32. The number of rotatable bonds is 0. The largest absolute Gasteiger partial charge is 0.255 e. The Labute approximate surface area is 90.8 Å². The van der Waals surface area contributed by atoms with Gasteiger partial charge < -0.3 is 0 Å². The van der Waals surface area contributed by atoms with Crippen molar-refractivity contribution in [1.29, 1.82) is 0 Å². The molecule has 0 N–H and O–H groups in total. The lowest BCUT2D eigenvalue weighted by Gasteiger charge is -2.04. The first-order valence-electron chi connectivity index (χ1n) is 4.34. The van der Waals surface area contributed by atoms with E-state index in [1.165, 1.54) is 42.9 Å². The molecule has 0 unspecified atom stereocenters. The van der Waals surface area contributed by atoms with E-state index in [-0.39, 0.29) is 0 Å². The predicted octanol–water partition coefficient (Wildman–Crippen LogP) is 3.47. The molecule has 12 heavy (non-hydrogen) atoms. The fourth-order valence-electron chi connectivity index (χ4n) is 0.810. The molecule has 1 saturated heterocycles. The molecule has 4 heteroatoms. The minimum Gasteiger partial charge on any atom is -0.0942 e. The maximum Gasteiger partial charge on any atom is 0.255 e. The van der Waals surface area contributed by atoms with Crippen LogP contribution >= 0.6 is 32.4 Å². The van der Waals surface area contributed by atoms with Crippen LogP contribution in [-0.2, 0) is 10.4 Å². The smallest absolute Gasteiger partial charge is 0.0942 e. The molecule has 0 aromatic rings. The molecule has 70 valence electrons. The SMILES string of the molecule is C1=[S+]SCCC1.C1CCSSC1. The Morgan fingerprint density at radius 1 is 0.917 bits per heavy atom. The van der Waals surface area contributed by atoms with Gasteiger partial charge in [0.15, 0.2) is 16.2 Å². The molecule has 2 aliphatic rings. The maximum atomic E-state index is 2.27. The minimum atomic E-state index is 1.32. The van der Waals surface area contributed by atoms with E-state index in [9.17, 15) is 0 Å². The molecule has 0 nitrogen and oxygen atoms in total. The molecule has 0 amide bonds. The first-order chi connectivity index (χ1) is 6.00. The summed E-state index contributed by atoms with van der Waals surface area (Å²) in [6.07, 6.45) is 5.59. The molecular weight excluding hydrogens is 224 g/mol. The molecular formula is C8H15S4+. The van der Waals surface area contributed by atoms with E-state index in [2.05, 4.69) is 5.37 Å². The standard InChI is InChI=1S/C4H8S2.C4H7S2/c2*1-2-4-6-5-3-1/h1-4H2;3H,1-2,4H2/q;+1. The van der Waals surface area contributed by atoms with E-state index >= 15 is 0 Å². The molecule has 1 fully saturated rings. The third-order valence-corrected chi connectivity index (χ3v) is 6.33. The molecule has 0 radical (unpaired) electrons. The molecule has 0 aromatic heterocycles. The molecule has 2 heterocycles. The van der Waals surface area contributed by atoms with Gasteiger partial charge in [-0.15, -0.1) is 0 Å². The Morgan fingerprint density at radius 2 is 1.67 bits per heavy atom. The highest BCUT2D eigenvalue weighted by Gasteiger charge is 2.02. The third kappa shape index (κ3) is 6.63. The molecule has 2 rings (SSSR count). The van der Waals surface area contributed by atoms with Crippen LogP contribution in [0.25, 0.3) is 0 Å². The van der Waals surface area contributed by atoms with E-state index in [1.807, 2.05) is 42.8 Å². The van der Waals surface area contributed by atoms with Crippen LogP contribution in [0.3, 0.4) is 0 Å². The van der Waals surface area contributed by atoms with Crippen LogP contribution in [-0.4, -0.2) is 22.6 Å². The second-order valence-electron chi connectivity index (χ2n) is 2.58. The Morgan fingerprint density at radius 3 is 1.83 bits per heavy atom. The van der Waals surface area contributed by atoms with E-state index < -0.39 is 0 Å².